The maximum absolute atomic E-state index is 14.6. The van der Waals surface area contributed by atoms with Crippen molar-refractivity contribution < 1.29 is 24.2 Å². The number of hydrogen-bond donors (Lipinski definition) is 1. The second kappa shape index (κ2) is 12.3. The number of aryl methyl sites for hydroxylation is 2. The van der Waals surface area contributed by atoms with Crippen LogP contribution in [0.1, 0.15) is 50.2 Å². The van der Waals surface area contributed by atoms with Gasteiger partial charge in [-0.2, -0.15) is 0 Å². The van der Waals surface area contributed by atoms with E-state index in [1.165, 1.54) is 0 Å². The van der Waals surface area contributed by atoms with Crippen LogP contribution < -0.4 is 4.90 Å². The summed E-state index contributed by atoms with van der Waals surface area (Å²) in [6.45, 7) is 14.5. The lowest BCUT2D eigenvalue weighted by atomic mass is 9.66. The molecule has 3 aliphatic heterocycles. The van der Waals surface area contributed by atoms with Gasteiger partial charge in [-0.25, -0.2) is 0 Å². The number of thioether (sulfide) groups is 1. The summed E-state index contributed by atoms with van der Waals surface area (Å²) >= 11 is 1.64. The number of amides is 2. The smallest absolute Gasteiger partial charge is 0.310 e. The van der Waals surface area contributed by atoms with Gasteiger partial charge >= 0.3 is 5.97 Å². The summed E-state index contributed by atoms with van der Waals surface area (Å²) in [4.78, 5) is 45.6. The summed E-state index contributed by atoms with van der Waals surface area (Å²) in [5, 5.41) is 9.57. The number of aliphatic hydroxyl groups is 1. The summed E-state index contributed by atoms with van der Waals surface area (Å²) in [5.41, 5.74) is 2.80. The first-order valence-corrected chi connectivity index (χ1v) is 15.0. The molecule has 3 unspecified atom stereocenters. The fourth-order valence-corrected chi connectivity index (χ4v) is 9.21. The van der Waals surface area contributed by atoms with Crippen molar-refractivity contribution in [2.45, 2.75) is 68.9 Å². The van der Waals surface area contributed by atoms with Gasteiger partial charge in [-0.1, -0.05) is 31.2 Å². The first-order valence-electron chi connectivity index (χ1n) is 14.1. The van der Waals surface area contributed by atoms with E-state index < -0.39 is 22.6 Å². The maximum atomic E-state index is 14.6. The number of hydrogen-bond acceptors (Lipinski definition) is 6. The lowest BCUT2D eigenvalue weighted by molar-refractivity contribution is -0.154. The summed E-state index contributed by atoms with van der Waals surface area (Å²) < 4.78 is 4.98. The molecule has 1 aromatic carbocycles. The molecule has 3 heterocycles. The third-order valence-electron chi connectivity index (χ3n) is 8.59. The average molecular weight is 555 g/mol. The van der Waals surface area contributed by atoms with Crippen molar-refractivity contribution in [2.24, 2.45) is 17.8 Å². The van der Waals surface area contributed by atoms with Crippen molar-refractivity contribution in [3.05, 3.63) is 54.6 Å². The van der Waals surface area contributed by atoms with Gasteiger partial charge in [0, 0.05) is 30.6 Å². The molecule has 3 fully saturated rings. The minimum Gasteiger partial charge on any atom is -0.465 e. The molecule has 0 radical (unpaired) electrons. The van der Waals surface area contributed by atoms with Crippen molar-refractivity contribution in [1.82, 2.24) is 4.90 Å². The van der Waals surface area contributed by atoms with Gasteiger partial charge in [-0.05, 0) is 69.1 Å². The summed E-state index contributed by atoms with van der Waals surface area (Å²) in [5.74, 6) is -1.77. The van der Waals surface area contributed by atoms with Gasteiger partial charge in [0.05, 0.1) is 23.2 Å². The lowest BCUT2D eigenvalue weighted by Gasteiger charge is -2.40. The summed E-state index contributed by atoms with van der Waals surface area (Å²) in [6, 6.07) is 5.27. The predicted molar refractivity (Wildman–Crippen MR) is 156 cm³/mol. The second-order valence-corrected chi connectivity index (χ2v) is 12.7. The molecule has 1 N–H and O–H groups in total. The molecule has 0 saturated carbocycles. The number of fused-ring (bicyclic) bond motifs is 1. The molecule has 3 saturated heterocycles. The van der Waals surface area contributed by atoms with Crippen LogP contribution in [0.2, 0.25) is 0 Å². The standard InChI is InChI=1S/C31H42N2O5S/c1-6-8-9-10-17-38-30(37)25-24-19-22(5)31(39-24)26(25)28(35)33(15-11-16-34)27(31)29(36)32(14-7-2)23-18-20(3)12-13-21(23)4/h6-7,12-13,18,22,24-27,34H,1-2,8-11,14-17,19H2,3-5H3/t22?,24-,25+,26-,27?,31?/m0/s1. The van der Waals surface area contributed by atoms with Gasteiger partial charge < -0.3 is 19.6 Å². The molecule has 8 heteroatoms. The van der Waals surface area contributed by atoms with Crippen molar-refractivity contribution in [1.29, 1.82) is 0 Å². The monoisotopic (exact) mass is 554 g/mol. The molecule has 0 aliphatic carbocycles. The average Bonchev–Trinajstić information content (AvgIpc) is 3.50. The minimum atomic E-state index is -0.739. The Labute approximate surface area is 236 Å². The number of nitrogens with zero attached hydrogens (tertiary/aromatic N) is 2. The van der Waals surface area contributed by atoms with Crippen molar-refractivity contribution >= 4 is 35.2 Å². The van der Waals surface area contributed by atoms with Crippen LogP contribution in [0.15, 0.2) is 43.5 Å². The molecular weight excluding hydrogens is 512 g/mol. The molecule has 4 rings (SSSR count). The Balaban J connectivity index is 1.71. The van der Waals surface area contributed by atoms with Gasteiger partial charge in [0.25, 0.3) is 5.91 Å². The maximum Gasteiger partial charge on any atom is 0.310 e. The van der Waals surface area contributed by atoms with E-state index in [1.807, 2.05) is 38.1 Å². The Kier molecular flexibility index (Phi) is 9.27. The number of unbranched alkanes of at least 4 members (excludes halogenated alkanes) is 2. The number of allylic oxidation sites excluding steroid dienone is 1. The molecule has 1 aromatic rings. The Bertz CT molecular complexity index is 1120. The van der Waals surface area contributed by atoms with Gasteiger partial charge in [-0.3, -0.25) is 14.4 Å². The van der Waals surface area contributed by atoms with E-state index in [1.54, 1.807) is 27.6 Å². The largest absolute Gasteiger partial charge is 0.465 e. The molecular formula is C31H42N2O5S. The fraction of sp³-hybridized carbons (Fsp3) is 0.581. The number of anilines is 1. The molecule has 2 amide bonds. The Morgan fingerprint density at radius 3 is 2.69 bits per heavy atom. The summed E-state index contributed by atoms with van der Waals surface area (Å²) in [7, 11) is 0. The molecule has 39 heavy (non-hydrogen) atoms. The molecule has 212 valence electrons. The number of aliphatic hydroxyl groups excluding tert-OH is 1. The van der Waals surface area contributed by atoms with E-state index in [0.29, 0.717) is 19.6 Å². The zero-order chi connectivity index (χ0) is 28.3. The highest BCUT2D eigenvalue weighted by Crippen LogP contribution is 2.68. The highest BCUT2D eigenvalue weighted by Gasteiger charge is 2.76. The van der Waals surface area contributed by atoms with Gasteiger partial charge in [0.2, 0.25) is 5.91 Å². The topological polar surface area (TPSA) is 87.2 Å². The molecule has 0 aromatic heterocycles. The van der Waals surface area contributed by atoms with E-state index in [4.69, 9.17) is 4.74 Å². The minimum absolute atomic E-state index is 0.0570. The van der Waals surface area contributed by atoms with E-state index in [0.717, 1.165) is 42.5 Å². The Morgan fingerprint density at radius 2 is 2.00 bits per heavy atom. The number of benzene rings is 1. The van der Waals surface area contributed by atoms with Crippen LogP contribution >= 0.6 is 11.8 Å². The van der Waals surface area contributed by atoms with Crippen LogP contribution in [0.25, 0.3) is 0 Å². The van der Waals surface area contributed by atoms with Crippen LogP contribution in [0.3, 0.4) is 0 Å². The van der Waals surface area contributed by atoms with Crippen LogP contribution in [0.4, 0.5) is 5.69 Å². The van der Waals surface area contributed by atoms with Crippen LogP contribution in [-0.2, 0) is 19.1 Å². The third-order valence-corrected chi connectivity index (χ3v) is 10.7. The lowest BCUT2D eigenvalue weighted by Crippen LogP contribution is -2.57. The van der Waals surface area contributed by atoms with E-state index in [-0.39, 0.29) is 42.1 Å². The third kappa shape index (κ3) is 5.18. The number of carbonyl (C=O) groups is 3. The molecule has 6 atom stereocenters. The normalized spacial score (nSPS) is 28.9. The predicted octanol–water partition coefficient (Wildman–Crippen LogP) is 4.44. The number of esters is 1. The zero-order valence-electron chi connectivity index (χ0n) is 23.4. The van der Waals surface area contributed by atoms with E-state index in [9.17, 15) is 19.5 Å². The van der Waals surface area contributed by atoms with Crippen molar-refractivity contribution in [3.63, 3.8) is 0 Å². The quantitative estimate of drug-likeness (QED) is 0.220. The van der Waals surface area contributed by atoms with Crippen LogP contribution in [0, 0.1) is 31.6 Å². The molecule has 7 nitrogen and oxygen atoms in total. The van der Waals surface area contributed by atoms with E-state index in [2.05, 4.69) is 20.1 Å². The number of rotatable bonds is 13. The van der Waals surface area contributed by atoms with Gasteiger partial charge in [-0.15, -0.1) is 24.9 Å². The number of ether oxygens (including phenoxy) is 1. The number of likely N-dealkylation sites (tertiary alicyclic amines) is 1. The SMILES string of the molecule is C=CCCCCOC(=O)[C@@H]1[C@@H]2CC(C)C3(S2)C(C(=O)N(CC=C)c2cc(C)ccc2C)N(CCCO)C(=O)[C@H]13. The number of carbonyl (C=O) groups excluding carboxylic acids is 3. The van der Waals surface area contributed by atoms with Crippen LogP contribution in [-0.4, -0.2) is 70.1 Å². The zero-order valence-corrected chi connectivity index (χ0v) is 24.3. The van der Waals surface area contributed by atoms with Gasteiger partial charge in [0.15, 0.2) is 0 Å². The van der Waals surface area contributed by atoms with E-state index >= 15 is 0 Å². The first-order chi connectivity index (χ1) is 18.7. The van der Waals surface area contributed by atoms with Gasteiger partial charge in [0.1, 0.15) is 6.04 Å². The highest BCUT2D eigenvalue weighted by atomic mass is 32.2. The fourth-order valence-electron chi connectivity index (χ4n) is 6.80. The molecule has 2 bridgehead atoms. The Hall–Kier alpha value is -2.58. The van der Waals surface area contributed by atoms with Crippen molar-refractivity contribution in [3.8, 4) is 0 Å². The molecule has 3 aliphatic rings. The molecule has 1 spiro atoms. The highest BCUT2D eigenvalue weighted by molar-refractivity contribution is 8.02. The first kappa shape index (κ1) is 29.4. The van der Waals surface area contributed by atoms with Crippen molar-refractivity contribution in [2.75, 3.05) is 31.2 Å². The Morgan fingerprint density at radius 1 is 1.23 bits per heavy atom. The summed E-state index contributed by atoms with van der Waals surface area (Å²) in [6.07, 6.45) is 7.19. The second-order valence-electron chi connectivity index (χ2n) is 11.1. The van der Waals surface area contributed by atoms with Crippen LogP contribution in [0.5, 0.6) is 0 Å².